The van der Waals surface area contributed by atoms with Gasteiger partial charge in [0.2, 0.25) is 0 Å². The van der Waals surface area contributed by atoms with Crippen molar-refractivity contribution in [1.29, 1.82) is 0 Å². The highest BCUT2D eigenvalue weighted by Crippen LogP contribution is 2.54. The Kier molecular flexibility index (Phi) is 8.96. The summed E-state index contributed by atoms with van der Waals surface area (Å²) >= 11 is 0. The molecule has 34 heavy (non-hydrogen) atoms. The number of hydrogen-bond acceptors (Lipinski definition) is 2. The van der Waals surface area contributed by atoms with E-state index in [9.17, 15) is 44.3 Å². The zero-order valence-corrected chi connectivity index (χ0v) is 18.5. The van der Waals surface area contributed by atoms with Gasteiger partial charge in [0.25, 0.3) is 0 Å². The lowest BCUT2D eigenvalue weighted by Crippen LogP contribution is -2.60. The van der Waals surface area contributed by atoms with Crippen molar-refractivity contribution in [3.05, 3.63) is 29.8 Å². The first-order valence-corrected chi connectivity index (χ1v) is 11.1. The standard InChI is InChI=1S/C23H27F9O2/c1-2-3-4-15-5-9-17(10-6-15)19(33)34-18-11-7-16(8-12-18)13-14-20(24,25)21(26,27)22(28,29)23(30,31)32/h7-8,11-12,15,17H,2-6,9-10,13-14H2,1H3. The molecule has 0 spiro atoms. The zero-order chi connectivity index (χ0) is 25.8. The molecule has 2 nitrogen and oxygen atoms in total. The van der Waals surface area contributed by atoms with Gasteiger partial charge in [-0.05, 0) is 55.7 Å². The summed E-state index contributed by atoms with van der Waals surface area (Å²) in [7, 11) is 0. The molecule has 1 saturated carbocycles. The number of unbranched alkanes of at least 4 members (excludes halogenated alkanes) is 1. The normalized spacial score (nSPS) is 20.3. The van der Waals surface area contributed by atoms with Crippen molar-refractivity contribution in [2.24, 2.45) is 11.8 Å². The third-order valence-electron chi connectivity index (χ3n) is 6.23. The van der Waals surface area contributed by atoms with Gasteiger partial charge in [-0.3, -0.25) is 4.79 Å². The summed E-state index contributed by atoms with van der Waals surface area (Å²) in [6, 6.07) is 4.75. The molecule has 0 heterocycles. The first-order valence-electron chi connectivity index (χ1n) is 11.1. The number of benzene rings is 1. The van der Waals surface area contributed by atoms with E-state index in [1.165, 1.54) is 12.1 Å². The number of carbonyl (C=O) groups excluding carboxylic acids is 1. The van der Waals surface area contributed by atoms with Crippen molar-refractivity contribution in [3.63, 3.8) is 0 Å². The minimum absolute atomic E-state index is 0.0259. The number of ether oxygens (including phenoxy) is 1. The molecular formula is C23H27F9O2. The molecule has 194 valence electrons. The van der Waals surface area contributed by atoms with Crippen LogP contribution in [0.5, 0.6) is 5.75 Å². The molecule has 1 aliphatic rings. The molecular weight excluding hydrogens is 479 g/mol. The Bertz CT molecular complexity index is 796. The molecule has 11 heteroatoms. The number of esters is 1. The molecule has 0 atom stereocenters. The number of rotatable bonds is 10. The van der Waals surface area contributed by atoms with Crippen molar-refractivity contribution in [2.45, 2.75) is 88.7 Å². The molecule has 1 aromatic carbocycles. The fraction of sp³-hybridized carbons (Fsp3) is 0.696. The Morgan fingerprint density at radius 3 is 1.94 bits per heavy atom. The Morgan fingerprint density at radius 2 is 1.44 bits per heavy atom. The van der Waals surface area contributed by atoms with Gasteiger partial charge in [0.05, 0.1) is 5.92 Å². The van der Waals surface area contributed by atoms with E-state index in [2.05, 4.69) is 6.92 Å². The topological polar surface area (TPSA) is 26.3 Å². The summed E-state index contributed by atoms with van der Waals surface area (Å²) in [5.74, 6) is -19.2. The van der Waals surface area contributed by atoms with Crippen LogP contribution in [-0.4, -0.2) is 29.9 Å². The van der Waals surface area contributed by atoms with Crippen LogP contribution in [0.25, 0.3) is 0 Å². The molecule has 1 aromatic rings. The van der Waals surface area contributed by atoms with E-state index in [-0.39, 0.29) is 17.2 Å². The fourth-order valence-electron chi connectivity index (χ4n) is 3.97. The Hall–Kier alpha value is -1.94. The molecule has 2 rings (SSSR count). The Labute approximate surface area is 191 Å². The summed E-state index contributed by atoms with van der Waals surface area (Å²) in [6.07, 6.45) is -3.07. The van der Waals surface area contributed by atoms with E-state index < -0.39 is 42.8 Å². The van der Waals surface area contributed by atoms with Gasteiger partial charge in [0, 0.05) is 6.42 Å². The fourth-order valence-corrected chi connectivity index (χ4v) is 3.97. The second-order valence-electron chi connectivity index (χ2n) is 8.78. The minimum Gasteiger partial charge on any atom is -0.426 e. The van der Waals surface area contributed by atoms with Crippen LogP contribution < -0.4 is 4.74 Å². The van der Waals surface area contributed by atoms with Crippen LogP contribution in [0, 0.1) is 11.8 Å². The molecule has 1 fully saturated rings. The lowest BCUT2D eigenvalue weighted by molar-refractivity contribution is -0.396. The monoisotopic (exact) mass is 506 g/mol. The van der Waals surface area contributed by atoms with Crippen LogP contribution in [0.1, 0.15) is 63.9 Å². The van der Waals surface area contributed by atoms with Crippen molar-refractivity contribution in [3.8, 4) is 5.75 Å². The summed E-state index contributed by atoms with van der Waals surface area (Å²) in [6.45, 7) is 2.11. The minimum atomic E-state index is -6.89. The molecule has 0 amide bonds. The van der Waals surface area contributed by atoms with Crippen molar-refractivity contribution in [1.82, 2.24) is 0 Å². The van der Waals surface area contributed by atoms with Crippen LogP contribution in [0.2, 0.25) is 0 Å². The highest BCUT2D eigenvalue weighted by atomic mass is 19.4. The Balaban J connectivity index is 1.91. The molecule has 0 radical (unpaired) electrons. The average molecular weight is 506 g/mol. The number of carbonyl (C=O) groups is 1. The van der Waals surface area contributed by atoms with Gasteiger partial charge in [-0.2, -0.15) is 39.5 Å². The van der Waals surface area contributed by atoms with E-state index in [1.807, 2.05) is 0 Å². The SMILES string of the molecule is CCCCC1CCC(C(=O)Oc2ccc(CCC(F)(F)C(F)(F)C(F)(F)C(F)(F)F)cc2)CC1. The van der Waals surface area contributed by atoms with E-state index in [1.54, 1.807) is 0 Å². The quantitative estimate of drug-likeness (QED) is 0.183. The maximum atomic E-state index is 13.7. The van der Waals surface area contributed by atoms with Gasteiger partial charge in [-0.25, -0.2) is 0 Å². The van der Waals surface area contributed by atoms with Crippen LogP contribution in [0.3, 0.4) is 0 Å². The van der Waals surface area contributed by atoms with Crippen molar-refractivity contribution in [2.75, 3.05) is 0 Å². The third-order valence-corrected chi connectivity index (χ3v) is 6.23. The van der Waals surface area contributed by atoms with Crippen LogP contribution in [0.4, 0.5) is 39.5 Å². The lowest BCUT2D eigenvalue weighted by atomic mass is 9.80. The molecule has 0 bridgehead atoms. The van der Waals surface area contributed by atoms with Crippen LogP contribution in [0.15, 0.2) is 24.3 Å². The van der Waals surface area contributed by atoms with Gasteiger partial charge in [0.15, 0.2) is 0 Å². The van der Waals surface area contributed by atoms with E-state index >= 15 is 0 Å². The van der Waals surface area contributed by atoms with E-state index in [0.29, 0.717) is 18.8 Å². The van der Waals surface area contributed by atoms with E-state index in [0.717, 1.165) is 44.2 Å². The second kappa shape index (κ2) is 10.8. The molecule has 0 aromatic heterocycles. The predicted octanol–water partition coefficient (Wildman–Crippen LogP) is 7.99. The van der Waals surface area contributed by atoms with Crippen molar-refractivity contribution < 1.29 is 49.0 Å². The first-order chi connectivity index (χ1) is 15.6. The number of halogens is 9. The number of alkyl halides is 9. The molecule has 0 unspecified atom stereocenters. The molecule has 1 aliphatic carbocycles. The van der Waals surface area contributed by atoms with Gasteiger partial charge < -0.3 is 4.74 Å². The zero-order valence-electron chi connectivity index (χ0n) is 18.5. The van der Waals surface area contributed by atoms with Gasteiger partial charge in [-0.15, -0.1) is 0 Å². The first kappa shape index (κ1) is 28.3. The second-order valence-corrected chi connectivity index (χ2v) is 8.78. The Morgan fingerprint density at radius 1 is 0.882 bits per heavy atom. The number of hydrogen-bond donors (Lipinski definition) is 0. The van der Waals surface area contributed by atoms with Crippen LogP contribution in [-0.2, 0) is 11.2 Å². The lowest BCUT2D eigenvalue weighted by Gasteiger charge is -2.33. The summed E-state index contributed by atoms with van der Waals surface area (Å²) in [4.78, 5) is 12.3. The average Bonchev–Trinajstić information content (AvgIpc) is 2.76. The van der Waals surface area contributed by atoms with Crippen LogP contribution >= 0.6 is 0 Å². The van der Waals surface area contributed by atoms with Gasteiger partial charge >= 0.3 is 29.9 Å². The summed E-state index contributed by atoms with van der Waals surface area (Å²) < 4.78 is 122. The molecule has 0 N–H and O–H groups in total. The maximum absolute atomic E-state index is 13.7. The third kappa shape index (κ3) is 6.38. The molecule has 0 saturated heterocycles. The molecule has 0 aliphatic heterocycles. The summed E-state index contributed by atoms with van der Waals surface area (Å²) in [5.41, 5.74) is -0.0259. The summed E-state index contributed by atoms with van der Waals surface area (Å²) in [5, 5.41) is 0. The van der Waals surface area contributed by atoms with Gasteiger partial charge in [-0.1, -0.05) is 38.3 Å². The smallest absolute Gasteiger partial charge is 0.426 e. The van der Waals surface area contributed by atoms with Gasteiger partial charge in [0.1, 0.15) is 5.75 Å². The predicted molar refractivity (Wildman–Crippen MR) is 106 cm³/mol. The largest absolute Gasteiger partial charge is 0.460 e. The highest BCUT2D eigenvalue weighted by Gasteiger charge is 2.81. The maximum Gasteiger partial charge on any atom is 0.460 e. The highest BCUT2D eigenvalue weighted by molar-refractivity contribution is 5.75. The van der Waals surface area contributed by atoms with Crippen molar-refractivity contribution >= 4 is 5.97 Å². The van der Waals surface area contributed by atoms with E-state index in [4.69, 9.17) is 4.74 Å². The number of aryl methyl sites for hydroxylation is 1.